The van der Waals surface area contributed by atoms with Gasteiger partial charge in [-0.15, -0.1) is 11.3 Å². The third-order valence-corrected chi connectivity index (χ3v) is 3.97. The molecule has 1 saturated carbocycles. The molecule has 0 unspecified atom stereocenters. The SMILES string of the molecule is CCc1ccc(CNC2CCC2)s1. The molecule has 1 heterocycles. The highest BCUT2D eigenvalue weighted by molar-refractivity contribution is 7.11. The average molecular weight is 195 g/mol. The van der Waals surface area contributed by atoms with E-state index in [2.05, 4.69) is 24.4 Å². The fraction of sp³-hybridized carbons (Fsp3) is 0.636. The lowest BCUT2D eigenvalue weighted by Crippen LogP contribution is -2.34. The van der Waals surface area contributed by atoms with Crippen molar-refractivity contribution in [3.63, 3.8) is 0 Å². The second kappa shape index (κ2) is 4.25. The highest BCUT2D eigenvalue weighted by atomic mass is 32.1. The van der Waals surface area contributed by atoms with Crippen molar-refractivity contribution in [1.29, 1.82) is 0 Å². The third-order valence-electron chi connectivity index (χ3n) is 2.74. The van der Waals surface area contributed by atoms with Crippen molar-refractivity contribution < 1.29 is 0 Å². The van der Waals surface area contributed by atoms with Gasteiger partial charge in [0.15, 0.2) is 0 Å². The van der Waals surface area contributed by atoms with Gasteiger partial charge in [0.2, 0.25) is 0 Å². The summed E-state index contributed by atoms with van der Waals surface area (Å²) < 4.78 is 0. The van der Waals surface area contributed by atoms with Gasteiger partial charge in [-0.25, -0.2) is 0 Å². The largest absolute Gasteiger partial charge is 0.309 e. The summed E-state index contributed by atoms with van der Waals surface area (Å²) in [5, 5.41) is 3.58. The average Bonchev–Trinajstić information content (AvgIpc) is 2.49. The highest BCUT2D eigenvalue weighted by Gasteiger charge is 2.16. The van der Waals surface area contributed by atoms with Crippen molar-refractivity contribution in [1.82, 2.24) is 5.32 Å². The Balaban J connectivity index is 1.79. The molecule has 0 saturated heterocycles. The monoisotopic (exact) mass is 195 g/mol. The van der Waals surface area contributed by atoms with Crippen LogP contribution in [0.25, 0.3) is 0 Å². The van der Waals surface area contributed by atoms with Crippen molar-refractivity contribution in [2.24, 2.45) is 0 Å². The molecule has 1 aromatic heterocycles. The van der Waals surface area contributed by atoms with E-state index in [0.29, 0.717) is 0 Å². The highest BCUT2D eigenvalue weighted by Crippen LogP contribution is 2.21. The summed E-state index contributed by atoms with van der Waals surface area (Å²) in [6, 6.07) is 5.32. The zero-order chi connectivity index (χ0) is 9.10. The van der Waals surface area contributed by atoms with Crippen LogP contribution >= 0.6 is 11.3 Å². The lowest BCUT2D eigenvalue weighted by Gasteiger charge is -2.26. The predicted molar refractivity (Wildman–Crippen MR) is 58.2 cm³/mol. The molecule has 2 heteroatoms. The number of hydrogen-bond acceptors (Lipinski definition) is 2. The molecule has 0 aliphatic heterocycles. The first-order valence-electron chi connectivity index (χ1n) is 5.19. The smallest absolute Gasteiger partial charge is 0.0302 e. The van der Waals surface area contributed by atoms with Gasteiger partial charge in [-0.1, -0.05) is 13.3 Å². The molecule has 0 spiro atoms. The van der Waals surface area contributed by atoms with Crippen LogP contribution in [0.5, 0.6) is 0 Å². The van der Waals surface area contributed by atoms with Gasteiger partial charge in [0.1, 0.15) is 0 Å². The summed E-state index contributed by atoms with van der Waals surface area (Å²) in [7, 11) is 0. The molecule has 0 atom stereocenters. The molecule has 1 aliphatic rings. The summed E-state index contributed by atoms with van der Waals surface area (Å²) in [4.78, 5) is 2.99. The zero-order valence-electron chi connectivity index (χ0n) is 8.18. The Morgan fingerprint density at radius 1 is 1.38 bits per heavy atom. The van der Waals surface area contributed by atoms with E-state index in [1.165, 1.54) is 35.4 Å². The van der Waals surface area contributed by atoms with E-state index < -0.39 is 0 Å². The molecule has 1 fully saturated rings. The summed E-state index contributed by atoms with van der Waals surface area (Å²) >= 11 is 1.95. The molecule has 1 N–H and O–H groups in total. The van der Waals surface area contributed by atoms with Crippen LogP contribution in [0.1, 0.15) is 35.9 Å². The van der Waals surface area contributed by atoms with Crippen molar-refractivity contribution in [2.75, 3.05) is 0 Å². The van der Waals surface area contributed by atoms with E-state index in [-0.39, 0.29) is 0 Å². The predicted octanol–water partition coefficient (Wildman–Crippen LogP) is 2.95. The minimum Gasteiger partial charge on any atom is -0.309 e. The molecule has 0 amide bonds. The molecule has 1 aliphatic carbocycles. The van der Waals surface area contributed by atoms with Crippen LogP contribution in [-0.4, -0.2) is 6.04 Å². The van der Waals surface area contributed by atoms with E-state index in [1.807, 2.05) is 11.3 Å². The summed E-state index contributed by atoms with van der Waals surface area (Å²) in [6.45, 7) is 3.30. The van der Waals surface area contributed by atoms with Gasteiger partial charge >= 0.3 is 0 Å². The van der Waals surface area contributed by atoms with Crippen LogP contribution in [0.2, 0.25) is 0 Å². The molecule has 0 aromatic carbocycles. The van der Waals surface area contributed by atoms with Gasteiger partial charge < -0.3 is 5.32 Å². The minimum atomic E-state index is 0.812. The first-order valence-corrected chi connectivity index (χ1v) is 6.01. The van der Waals surface area contributed by atoms with Crippen molar-refractivity contribution >= 4 is 11.3 Å². The minimum absolute atomic E-state index is 0.812. The second-order valence-corrected chi connectivity index (χ2v) is 4.98. The number of thiophene rings is 1. The zero-order valence-corrected chi connectivity index (χ0v) is 8.99. The van der Waals surface area contributed by atoms with Crippen LogP contribution in [0.4, 0.5) is 0 Å². The van der Waals surface area contributed by atoms with E-state index in [0.717, 1.165) is 12.6 Å². The maximum absolute atomic E-state index is 3.58. The molecule has 2 rings (SSSR count). The summed E-state index contributed by atoms with van der Waals surface area (Å²) in [5.74, 6) is 0. The standard InChI is InChI=1S/C11H17NS/c1-2-10-6-7-11(13-10)8-12-9-4-3-5-9/h6-7,9,12H,2-5,8H2,1H3. The molecular formula is C11H17NS. The van der Waals surface area contributed by atoms with Crippen molar-refractivity contribution in [3.05, 3.63) is 21.9 Å². The molecule has 1 aromatic rings. The number of aryl methyl sites for hydroxylation is 1. The molecule has 13 heavy (non-hydrogen) atoms. The van der Waals surface area contributed by atoms with Crippen LogP contribution in [-0.2, 0) is 13.0 Å². The van der Waals surface area contributed by atoms with Gasteiger partial charge in [0, 0.05) is 22.3 Å². The molecular weight excluding hydrogens is 178 g/mol. The van der Waals surface area contributed by atoms with Gasteiger partial charge in [-0.2, -0.15) is 0 Å². The van der Waals surface area contributed by atoms with Gasteiger partial charge in [-0.05, 0) is 31.4 Å². The second-order valence-electron chi connectivity index (χ2n) is 3.73. The van der Waals surface area contributed by atoms with Gasteiger partial charge in [-0.3, -0.25) is 0 Å². The lowest BCUT2D eigenvalue weighted by molar-refractivity contribution is 0.339. The topological polar surface area (TPSA) is 12.0 Å². The Kier molecular flexibility index (Phi) is 3.01. The van der Waals surface area contributed by atoms with E-state index in [9.17, 15) is 0 Å². The maximum Gasteiger partial charge on any atom is 0.0302 e. The Bertz CT molecular complexity index is 263. The van der Waals surface area contributed by atoms with Crippen LogP contribution in [0.3, 0.4) is 0 Å². The quantitative estimate of drug-likeness (QED) is 0.779. The Hall–Kier alpha value is -0.340. The van der Waals surface area contributed by atoms with Crippen LogP contribution < -0.4 is 5.32 Å². The summed E-state index contributed by atoms with van der Waals surface area (Å²) in [5.41, 5.74) is 0. The Morgan fingerprint density at radius 3 is 2.69 bits per heavy atom. The normalized spacial score (nSPS) is 17.3. The summed E-state index contributed by atoms with van der Waals surface area (Å²) in [6.07, 6.45) is 5.36. The Morgan fingerprint density at radius 2 is 2.15 bits per heavy atom. The molecule has 1 nitrogen and oxygen atoms in total. The number of nitrogens with one attached hydrogen (secondary N) is 1. The van der Waals surface area contributed by atoms with E-state index in [1.54, 1.807) is 0 Å². The van der Waals surface area contributed by atoms with E-state index >= 15 is 0 Å². The van der Waals surface area contributed by atoms with E-state index in [4.69, 9.17) is 0 Å². The molecule has 72 valence electrons. The van der Waals surface area contributed by atoms with Gasteiger partial charge in [0.25, 0.3) is 0 Å². The first kappa shape index (κ1) is 9.22. The fourth-order valence-corrected chi connectivity index (χ4v) is 2.47. The fourth-order valence-electron chi connectivity index (χ4n) is 1.56. The van der Waals surface area contributed by atoms with Crippen LogP contribution in [0.15, 0.2) is 12.1 Å². The number of hydrogen-bond donors (Lipinski definition) is 1. The third kappa shape index (κ3) is 2.32. The van der Waals surface area contributed by atoms with Crippen molar-refractivity contribution in [2.45, 2.75) is 45.2 Å². The van der Waals surface area contributed by atoms with Crippen LogP contribution in [0, 0.1) is 0 Å². The van der Waals surface area contributed by atoms with Crippen molar-refractivity contribution in [3.8, 4) is 0 Å². The molecule has 0 radical (unpaired) electrons. The maximum atomic E-state index is 3.58. The lowest BCUT2D eigenvalue weighted by atomic mass is 9.93. The first-order chi connectivity index (χ1) is 6.38. The number of rotatable bonds is 4. The van der Waals surface area contributed by atoms with Gasteiger partial charge in [0.05, 0.1) is 0 Å². The Labute approximate surface area is 84.2 Å². The molecule has 0 bridgehead atoms.